The number of morpholine rings is 1. The Balaban J connectivity index is 1.96. The van der Waals surface area contributed by atoms with E-state index in [1.165, 1.54) is 0 Å². The van der Waals surface area contributed by atoms with Crippen LogP contribution in [0.3, 0.4) is 0 Å². The van der Waals surface area contributed by atoms with Gasteiger partial charge in [-0.3, -0.25) is 4.90 Å². The molecule has 2 aliphatic rings. The highest BCUT2D eigenvalue weighted by Gasteiger charge is 2.41. The fourth-order valence-electron chi connectivity index (χ4n) is 2.19. The summed E-state index contributed by atoms with van der Waals surface area (Å²) in [7, 11) is 0. The van der Waals surface area contributed by atoms with Gasteiger partial charge in [-0.25, -0.2) is 0 Å². The van der Waals surface area contributed by atoms with Crippen molar-refractivity contribution in [3.8, 4) is 0 Å². The van der Waals surface area contributed by atoms with Crippen LogP contribution in [-0.2, 0) is 4.74 Å². The lowest BCUT2D eigenvalue weighted by Gasteiger charge is -2.32. The molecule has 4 nitrogen and oxygen atoms in total. The molecule has 0 spiro atoms. The van der Waals surface area contributed by atoms with Gasteiger partial charge in [0.15, 0.2) is 0 Å². The molecule has 2 heterocycles. The highest BCUT2D eigenvalue weighted by atomic mass is 16.5. The summed E-state index contributed by atoms with van der Waals surface area (Å²) in [5, 5.41) is 9.05. The van der Waals surface area contributed by atoms with Crippen LogP contribution in [0.4, 0.5) is 0 Å². The van der Waals surface area contributed by atoms with E-state index >= 15 is 0 Å². The van der Waals surface area contributed by atoms with Gasteiger partial charge in [0.05, 0.1) is 19.3 Å². The maximum absolute atomic E-state index is 9.05. The highest BCUT2D eigenvalue weighted by Crippen LogP contribution is 2.28. The van der Waals surface area contributed by atoms with Gasteiger partial charge in [0.25, 0.3) is 0 Å². The second kappa shape index (κ2) is 3.30. The van der Waals surface area contributed by atoms with Crippen molar-refractivity contribution in [3.05, 3.63) is 0 Å². The quantitative estimate of drug-likeness (QED) is 0.560. The number of nitrogens with two attached hydrogens (primary N) is 1. The van der Waals surface area contributed by atoms with Crippen LogP contribution < -0.4 is 5.73 Å². The monoisotopic (exact) mass is 172 g/mol. The fraction of sp³-hybridized carbons (Fsp3) is 1.00. The van der Waals surface area contributed by atoms with Gasteiger partial charge in [-0.05, 0) is 6.42 Å². The van der Waals surface area contributed by atoms with Crippen LogP contribution in [0.5, 0.6) is 0 Å². The molecule has 4 heteroatoms. The minimum Gasteiger partial charge on any atom is -0.395 e. The van der Waals surface area contributed by atoms with Gasteiger partial charge >= 0.3 is 0 Å². The molecule has 2 bridgehead atoms. The van der Waals surface area contributed by atoms with Gasteiger partial charge in [0, 0.05) is 25.2 Å². The largest absolute Gasteiger partial charge is 0.395 e. The van der Waals surface area contributed by atoms with Crippen LogP contribution >= 0.6 is 0 Å². The van der Waals surface area contributed by atoms with E-state index in [9.17, 15) is 0 Å². The Kier molecular flexibility index (Phi) is 2.32. The molecule has 0 aromatic carbocycles. The Morgan fingerprint density at radius 2 is 2.50 bits per heavy atom. The summed E-state index contributed by atoms with van der Waals surface area (Å²) in [6.07, 6.45) is 1.52. The van der Waals surface area contributed by atoms with Crippen LogP contribution in [0.15, 0.2) is 0 Å². The van der Waals surface area contributed by atoms with E-state index in [1.807, 2.05) is 0 Å². The van der Waals surface area contributed by atoms with Crippen molar-refractivity contribution in [2.45, 2.75) is 24.6 Å². The van der Waals surface area contributed by atoms with Crippen LogP contribution in [0.1, 0.15) is 6.42 Å². The second-order valence-corrected chi connectivity index (χ2v) is 3.61. The average molecular weight is 172 g/mol. The first-order valence-electron chi connectivity index (χ1n) is 4.53. The zero-order chi connectivity index (χ0) is 8.55. The Bertz CT molecular complexity index is 161. The van der Waals surface area contributed by atoms with Crippen LogP contribution in [0.2, 0.25) is 0 Å². The summed E-state index contributed by atoms with van der Waals surface area (Å²) in [6, 6.07) is 0.652. The predicted octanol–water partition coefficient (Wildman–Crippen LogP) is -1.22. The number of ether oxygens (including phenoxy) is 1. The van der Waals surface area contributed by atoms with Crippen molar-refractivity contribution < 1.29 is 9.84 Å². The van der Waals surface area contributed by atoms with E-state index in [2.05, 4.69) is 4.90 Å². The lowest BCUT2D eigenvalue weighted by atomic mass is 10.2. The normalized spacial score (nSPS) is 37.5. The Labute approximate surface area is 72.3 Å². The first-order chi connectivity index (χ1) is 5.85. The summed E-state index contributed by atoms with van der Waals surface area (Å²) < 4.78 is 5.46. The molecule has 0 aromatic rings. The summed E-state index contributed by atoms with van der Waals surface area (Å²) in [5.41, 5.74) is 5.55. The summed E-state index contributed by atoms with van der Waals surface area (Å²) in [4.78, 5) is 2.29. The van der Waals surface area contributed by atoms with Gasteiger partial charge in [-0.1, -0.05) is 0 Å². The first kappa shape index (κ1) is 8.44. The number of hydrogen-bond acceptors (Lipinski definition) is 4. The molecule has 2 fully saturated rings. The lowest BCUT2D eigenvalue weighted by Crippen LogP contribution is -2.49. The van der Waals surface area contributed by atoms with E-state index in [0.29, 0.717) is 18.7 Å². The SMILES string of the molecule is NCC(CO)N1CC2CC1CO2. The Morgan fingerprint density at radius 3 is 2.92 bits per heavy atom. The number of nitrogens with zero attached hydrogens (tertiary/aromatic N) is 1. The minimum atomic E-state index is 0.142. The zero-order valence-corrected chi connectivity index (χ0v) is 7.15. The number of aliphatic hydroxyl groups excluding tert-OH is 1. The van der Waals surface area contributed by atoms with Crippen LogP contribution in [0.25, 0.3) is 0 Å². The van der Waals surface area contributed by atoms with Crippen molar-refractivity contribution in [2.75, 3.05) is 26.3 Å². The van der Waals surface area contributed by atoms with Gasteiger partial charge in [-0.2, -0.15) is 0 Å². The van der Waals surface area contributed by atoms with E-state index in [-0.39, 0.29) is 12.6 Å². The van der Waals surface area contributed by atoms with Crippen molar-refractivity contribution in [2.24, 2.45) is 5.73 Å². The summed E-state index contributed by atoms with van der Waals surface area (Å²) in [5.74, 6) is 0. The molecule has 0 aromatic heterocycles. The molecule has 0 aliphatic carbocycles. The molecule has 3 N–H and O–H groups in total. The van der Waals surface area contributed by atoms with Gasteiger partial charge in [-0.15, -0.1) is 0 Å². The summed E-state index contributed by atoms with van der Waals surface area (Å²) in [6.45, 7) is 2.48. The molecule has 2 aliphatic heterocycles. The standard InChI is InChI=1S/C8H16N2O2/c9-2-7(4-11)10-3-8-1-6(10)5-12-8/h6-8,11H,1-5,9H2. The molecule has 70 valence electrons. The van der Waals surface area contributed by atoms with Gasteiger partial charge < -0.3 is 15.6 Å². The lowest BCUT2D eigenvalue weighted by molar-refractivity contribution is 0.00128. The molecule has 0 saturated carbocycles. The number of fused-ring (bicyclic) bond motifs is 2. The van der Waals surface area contributed by atoms with Crippen LogP contribution in [-0.4, -0.2) is 54.5 Å². The number of likely N-dealkylation sites (tertiary alicyclic amines) is 1. The second-order valence-electron chi connectivity index (χ2n) is 3.61. The topological polar surface area (TPSA) is 58.7 Å². The van der Waals surface area contributed by atoms with Crippen molar-refractivity contribution >= 4 is 0 Å². The highest BCUT2D eigenvalue weighted by molar-refractivity contribution is 4.94. The van der Waals surface area contributed by atoms with Gasteiger partial charge in [0.2, 0.25) is 0 Å². The molecule has 0 radical (unpaired) electrons. The van der Waals surface area contributed by atoms with Crippen LogP contribution in [0, 0.1) is 0 Å². The maximum Gasteiger partial charge on any atom is 0.0718 e. The minimum absolute atomic E-state index is 0.142. The molecule has 2 saturated heterocycles. The van der Waals surface area contributed by atoms with E-state index < -0.39 is 0 Å². The van der Waals surface area contributed by atoms with Gasteiger partial charge in [0.1, 0.15) is 0 Å². The van der Waals surface area contributed by atoms with Crippen molar-refractivity contribution in [1.82, 2.24) is 4.90 Å². The molecule has 3 unspecified atom stereocenters. The van der Waals surface area contributed by atoms with E-state index in [0.717, 1.165) is 19.6 Å². The molecular weight excluding hydrogens is 156 g/mol. The number of hydrogen-bond donors (Lipinski definition) is 2. The van der Waals surface area contributed by atoms with E-state index in [4.69, 9.17) is 15.6 Å². The third-order valence-electron chi connectivity index (χ3n) is 2.89. The smallest absolute Gasteiger partial charge is 0.0718 e. The number of rotatable bonds is 3. The third kappa shape index (κ3) is 1.25. The zero-order valence-electron chi connectivity index (χ0n) is 7.15. The predicted molar refractivity (Wildman–Crippen MR) is 44.8 cm³/mol. The van der Waals surface area contributed by atoms with E-state index in [1.54, 1.807) is 0 Å². The molecular formula is C8H16N2O2. The Hall–Kier alpha value is -0.160. The Morgan fingerprint density at radius 1 is 1.67 bits per heavy atom. The number of aliphatic hydroxyl groups is 1. The molecule has 0 amide bonds. The fourth-order valence-corrected chi connectivity index (χ4v) is 2.19. The first-order valence-corrected chi connectivity index (χ1v) is 4.53. The van der Waals surface area contributed by atoms with Crippen molar-refractivity contribution in [3.63, 3.8) is 0 Å². The molecule has 3 atom stereocenters. The average Bonchev–Trinajstić information content (AvgIpc) is 2.67. The van der Waals surface area contributed by atoms with Crippen molar-refractivity contribution in [1.29, 1.82) is 0 Å². The molecule has 12 heavy (non-hydrogen) atoms. The third-order valence-corrected chi connectivity index (χ3v) is 2.89. The molecule has 2 rings (SSSR count). The maximum atomic E-state index is 9.05. The summed E-state index contributed by atoms with van der Waals surface area (Å²) >= 11 is 0.